The Hall–Kier alpha value is -2.42. The molecule has 0 saturated carbocycles. The van der Waals surface area contributed by atoms with Crippen LogP contribution in [-0.4, -0.2) is 40.0 Å². The number of nitrogens with one attached hydrogen (secondary N) is 1. The highest BCUT2D eigenvalue weighted by molar-refractivity contribution is 9.10. The molecule has 2 aromatic rings. The first-order valence-electron chi connectivity index (χ1n) is 8.22. The summed E-state index contributed by atoms with van der Waals surface area (Å²) >= 11 is 3.19. The molecule has 0 bridgehead atoms. The Balaban J connectivity index is 1.78. The molecule has 4 N–H and O–H groups in total. The number of carboxylic acids is 1. The normalized spacial score (nSPS) is 12.9. The number of ether oxygens (including phenoxy) is 1. The molecular formula is C19H20BrNO6. The predicted molar refractivity (Wildman–Crippen MR) is 101 cm³/mol. The Morgan fingerprint density at radius 1 is 1.11 bits per heavy atom. The molecule has 144 valence electrons. The molecule has 1 amide bonds. The molecule has 0 aliphatic rings. The van der Waals surface area contributed by atoms with E-state index in [0.29, 0.717) is 10.0 Å². The van der Waals surface area contributed by atoms with Gasteiger partial charge < -0.3 is 25.4 Å². The number of alkyl carbamates (subject to hydrolysis) is 1. The van der Waals surface area contributed by atoms with Crippen LogP contribution in [0, 0.1) is 0 Å². The summed E-state index contributed by atoms with van der Waals surface area (Å²) in [6.45, 7) is 0.247. The van der Waals surface area contributed by atoms with E-state index < -0.39 is 24.3 Å². The van der Waals surface area contributed by atoms with Gasteiger partial charge >= 0.3 is 12.1 Å². The van der Waals surface area contributed by atoms with Crippen LogP contribution in [0.3, 0.4) is 0 Å². The van der Waals surface area contributed by atoms with Crippen LogP contribution in [-0.2, 0) is 11.3 Å². The highest BCUT2D eigenvalue weighted by Gasteiger charge is 2.21. The van der Waals surface area contributed by atoms with Crippen molar-refractivity contribution in [3.8, 4) is 0 Å². The molecule has 0 saturated heterocycles. The van der Waals surface area contributed by atoms with E-state index in [2.05, 4.69) is 21.2 Å². The van der Waals surface area contributed by atoms with Gasteiger partial charge in [0, 0.05) is 11.0 Å². The van der Waals surface area contributed by atoms with E-state index in [0.717, 1.165) is 5.56 Å². The minimum atomic E-state index is -1.23. The van der Waals surface area contributed by atoms with Crippen LogP contribution in [0.25, 0.3) is 0 Å². The van der Waals surface area contributed by atoms with Crippen LogP contribution >= 0.6 is 15.9 Å². The number of aromatic carboxylic acids is 1. The van der Waals surface area contributed by atoms with Crippen LogP contribution in [0.5, 0.6) is 0 Å². The highest BCUT2D eigenvalue weighted by Crippen LogP contribution is 2.27. The maximum atomic E-state index is 11.7. The number of rotatable bonds is 8. The summed E-state index contributed by atoms with van der Waals surface area (Å²) in [7, 11) is 0. The molecule has 0 fully saturated rings. The van der Waals surface area contributed by atoms with Gasteiger partial charge in [0.05, 0.1) is 11.7 Å². The number of carbonyl (C=O) groups is 2. The average Bonchev–Trinajstić information content (AvgIpc) is 2.66. The monoisotopic (exact) mass is 437 g/mol. The first-order valence-corrected chi connectivity index (χ1v) is 9.01. The number of aliphatic hydroxyl groups excluding tert-OH is 2. The molecule has 0 spiro atoms. The number of amides is 1. The summed E-state index contributed by atoms with van der Waals surface area (Å²) in [5.41, 5.74) is 1.28. The van der Waals surface area contributed by atoms with Gasteiger partial charge in [-0.05, 0) is 29.7 Å². The third kappa shape index (κ3) is 6.35. The van der Waals surface area contributed by atoms with Gasteiger partial charge in [0.15, 0.2) is 0 Å². The van der Waals surface area contributed by atoms with Gasteiger partial charge in [-0.15, -0.1) is 0 Å². The van der Waals surface area contributed by atoms with E-state index >= 15 is 0 Å². The molecule has 2 rings (SSSR count). The van der Waals surface area contributed by atoms with E-state index in [-0.39, 0.29) is 25.1 Å². The van der Waals surface area contributed by atoms with E-state index in [1.54, 1.807) is 0 Å². The zero-order valence-electron chi connectivity index (χ0n) is 14.3. The largest absolute Gasteiger partial charge is 0.478 e. The van der Waals surface area contributed by atoms with E-state index in [9.17, 15) is 19.8 Å². The lowest BCUT2D eigenvalue weighted by atomic mass is 10.0. The number of aliphatic hydroxyl groups is 2. The topological polar surface area (TPSA) is 116 Å². The summed E-state index contributed by atoms with van der Waals surface area (Å²) in [6.07, 6.45) is -2.90. The lowest BCUT2D eigenvalue weighted by molar-refractivity contribution is 0.0132. The van der Waals surface area contributed by atoms with Crippen LogP contribution in [0.4, 0.5) is 4.79 Å². The van der Waals surface area contributed by atoms with Gasteiger partial charge in [-0.1, -0.05) is 52.3 Å². The molecule has 0 aromatic heterocycles. The molecule has 2 unspecified atom stereocenters. The standard InChI is InChI=1S/C19H20BrNO6/c20-15-10-13(18(24)25)6-7-14(15)17(23)16(22)8-9-21-19(26)27-11-12-4-2-1-3-5-12/h1-7,10,16-17,22-23H,8-9,11H2,(H,21,26)(H,24,25). The van der Waals surface area contributed by atoms with Gasteiger partial charge in [0.25, 0.3) is 0 Å². The van der Waals surface area contributed by atoms with Crippen molar-refractivity contribution in [2.75, 3.05) is 6.54 Å². The molecule has 0 radical (unpaired) electrons. The molecule has 2 atom stereocenters. The van der Waals surface area contributed by atoms with Crippen molar-refractivity contribution < 1.29 is 29.6 Å². The van der Waals surface area contributed by atoms with Crippen molar-refractivity contribution in [2.45, 2.75) is 25.2 Å². The lowest BCUT2D eigenvalue weighted by Crippen LogP contribution is -2.29. The summed E-state index contributed by atoms with van der Waals surface area (Å²) in [5, 5.41) is 31.8. The van der Waals surface area contributed by atoms with Crippen molar-refractivity contribution in [1.82, 2.24) is 5.32 Å². The van der Waals surface area contributed by atoms with Gasteiger partial charge in [0.2, 0.25) is 0 Å². The van der Waals surface area contributed by atoms with Crippen molar-refractivity contribution in [3.63, 3.8) is 0 Å². The summed E-state index contributed by atoms with van der Waals surface area (Å²) in [4.78, 5) is 22.6. The second kappa shape index (κ2) is 10.1. The average molecular weight is 438 g/mol. The van der Waals surface area contributed by atoms with Crippen LogP contribution in [0.2, 0.25) is 0 Å². The van der Waals surface area contributed by atoms with Crippen LogP contribution in [0.1, 0.15) is 34.0 Å². The fourth-order valence-electron chi connectivity index (χ4n) is 2.36. The summed E-state index contributed by atoms with van der Waals surface area (Å²) in [6, 6.07) is 13.4. The van der Waals surface area contributed by atoms with E-state index in [1.807, 2.05) is 30.3 Å². The molecule has 0 aliphatic heterocycles. The molecule has 27 heavy (non-hydrogen) atoms. The fraction of sp³-hybridized carbons (Fsp3) is 0.263. The van der Waals surface area contributed by atoms with Gasteiger partial charge in [-0.3, -0.25) is 0 Å². The first-order chi connectivity index (χ1) is 12.9. The highest BCUT2D eigenvalue weighted by atomic mass is 79.9. The third-order valence-corrected chi connectivity index (χ3v) is 4.54. The summed E-state index contributed by atoms with van der Waals surface area (Å²) < 4.78 is 5.43. The first kappa shape index (κ1) is 20.9. The molecule has 8 heteroatoms. The van der Waals surface area contributed by atoms with Crippen molar-refractivity contribution in [3.05, 3.63) is 69.7 Å². The number of benzene rings is 2. The smallest absolute Gasteiger partial charge is 0.407 e. The van der Waals surface area contributed by atoms with Crippen LogP contribution in [0.15, 0.2) is 53.0 Å². The maximum Gasteiger partial charge on any atom is 0.407 e. The maximum absolute atomic E-state index is 11.7. The van der Waals surface area contributed by atoms with E-state index in [1.165, 1.54) is 18.2 Å². The molecule has 2 aromatic carbocycles. The minimum absolute atomic E-state index is 0.0649. The van der Waals surface area contributed by atoms with Gasteiger partial charge in [-0.2, -0.15) is 0 Å². The van der Waals surface area contributed by atoms with E-state index in [4.69, 9.17) is 9.84 Å². The van der Waals surface area contributed by atoms with Gasteiger partial charge in [0.1, 0.15) is 12.7 Å². The zero-order valence-corrected chi connectivity index (χ0v) is 15.9. The summed E-state index contributed by atoms with van der Waals surface area (Å²) in [5.74, 6) is -1.09. The molecule has 7 nitrogen and oxygen atoms in total. The Morgan fingerprint density at radius 2 is 1.81 bits per heavy atom. The Morgan fingerprint density at radius 3 is 2.44 bits per heavy atom. The second-order valence-electron chi connectivity index (χ2n) is 5.83. The third-order valence-electron chi connectivity index (χ3n) is 3.85. The van der Waals surface area contributed by atoms with Crippen molar-refractivity contribution in [1.29, 1.82) is 0 Å². The molecule has 0 aliphatic carbocycles. The Bertz CT molecular complexity index is 783. The zero-order chi connectivity index (χ0) is 19.8. The predicted octanol–water partition coefficient (Wildman–Crippen LogP) is 2.86. The SMILES string of the molecule is O=C(NCCC(O)C(O)c1ccc(C(=O)O)cc1Br)OCc1ccccc1. The molecule has 0 heterocycles. The lowest BCUT2D eigenvalue weighted by Gasteiger charge is -2.19. The number of carbonyl (C=O) groups excluding carboxylic acids is 1. The minimum Gasteiger partial charge on any atom is -0.478 e. The quantitative estimate of drug-likeness (QED) is 0.504. The number of hydrogen-bond donors (Lipinski definition) is 4. The number of hydrogen-bond acceptors (Lipinski definition) is 5. The van der Waals surface area contributed by atoms with Gasteiger partial charge in [-0.25, -0.2) is 9.59 Å². The second-order valence-corrected chi connectivity index (χ2v) is 6.69. The number of halogens is 1. The number of carboxylic acid groups (broad SMARTS) is 1. The van der Waals surface area contributed by atoms with Crippen molar-refractivity contribution >= 4 is 28.0 Å². The molecular weight excluding hydrogens is 418 g/mol. The Labute approximate surface area is 164 Å². The Kier molecular flexibility index (Phi) is 7.78. The van der Waals surface area contributed by atoms with Crippen molar-refractivity contribution in [2.24, 2.45) is 0 Å². The fourth-order valence-corrected chi connectivity index (χ4v) is 2.97. The van der Waals surface area contributed by atoms with Crippen LogP contribution < -0.4 is 5.32 Å².